The summed E-state index contributed by atoms with van der Waals surface area (Å²) in [5.74, 6) is -0.722. The first-order valence-electron chi connectivity index (χ1n) is 17.6. The molecular formula is C36H39F3N8O3S. The van der Waals surface area contributed by atoms with E-state index >= 15 is 8.78 Å². The quantitative estimate of drug-likeness (QED) is 0.255. The van der Waals surface area contributed by atoms with E-state index in [4.69, 9.17) is 29.9 Å². The number of likely N-dealkylation sites (tertiary alicyclic amines) is 1. The number of methoxy groups -OCH3 is 1. The molecule has 3 aromatic heterocycles. The van der Waals surface area contributed by atoms with Crippen molar-refractivity contribution in [3.63, 3.8) is 0 Å². The number of piperazine rings is 1. The number of nitrogens with zero attached hydrogens (tertiary/aromatic N) is 7. The Kier molecular flexibility index (Phi) is 8.04. The summed E-state index contributed by atoms with van der Waals surface area (Å²) in [7, 11) is 1.72. The van der Waals surface area contributed by atoms with E-state index in [1.54, 1.807) is 7.11 Å². The molecule has 4 aromatic rings. The van der Waals surface area contributed by atoms with Crippen molar-refractivity contribution in [3.8, 4) is 23.3 Å². The number of hydrogen-bond acceptors (Lipinski definition) is 12. The first-order valence-corrected chi connectivity index (χ1v) is 18.5. The van der Waals surface area contributed by atoms with Crippen LogP contribution in [0, 0.1) is 23.0 Å². The summed E-state index contributed by atoms with van der Waals surface area (Å²) >= 11 is 0.935. The second kappa shape index (κ2) is 12.4. The van der Waals surface area contributed by atoms with Gasteiger partial charge in [0.15, 0.2) is 11.6 Å². The maximum atomic E-state index is 17.5. The van der Waals surface area contributed by atoms with Gasteiger partial charge >= 0.3 is 6.01 Å². The smallest absolute Gasteiger partial charge is 0.319 e. The van der Waals surface area contributed by atoms with Crippen molar-refractivity contribution in [2.45, 2.75) is 82.1 Å². The fourth-order valence-electron chi connectivity index (χ4n) is 9.45. The van der Waals surface area contributed by atoms with E-state index in [0.717, 1.165) is 75.0 Å². The molecule has 268 valence electrons. The molecule has 2 bridgehead atoms. The van der Waals surface area contributed by atoms with E-state index in [1.165, 1.54) is 0 Å². The summed E-state index contributed by atoms with van der Waals surface area (Å²) in [6, 6.07) is 2.34. The van der Waals surface area contributed by atoms with Crippen LogP contribution in [0.4, 0.5) is 24.0 Å². The molecule has 0 spiro atoms. The molecule has 0 amide bonds. The highest BCUT2D eigenvalue weighted by Crippen LogP contribution is 2.48. The van der Waals surface area contributed by atoms with Crippen molar-refractivity contribution in [1.29, 1.82) is 5.26 Å². The third-order valence-corrected chi connectivity index (χ3v) is 12.8. The molecule has 5 atom stereocenters. The number of alkyl halides is 1. The predicted octanol–water partition coefficient (Wildman–Crippen LogP) is 5.31. The Morgan fingerprint density at radius 3 is 2.71 bits per heavy atom. The van der Waals surface area contributed by atoms with E-state index in [0.29, 0.717) is 29.7 Å². The van der Waals surface area contributed by atoms with Crippen LogP contribution in [0.3, 0.4) is 0 Å². The minimum Gasteiger partial charge on any atom is -0.461 e. The maximum absolute atomic E-state index is 17.5. The number of pyridine rings is 1. The molecule has 1 aromatic carbocycles. The summed E-state index contributed by atoms with van der Waals surface area (Å²) in [5.41, 5.74) is 7.30. The first-order chi connectivity index (χ1) is 24.7. The number of nitrogens with two attached hydrogens (primary N) is 1. The van der Waals surface area contributed by atoms with E-state index in [1.807, 2.05) is 0 Å². The summed E-state index contributed by atoms with van der Waals surface area (Å²) in [5, 5.41) is 10.9. The molecule has 0 aliphatic carbocycles. The Labute approximate surface area is 297 Å². The lowest BCUT2D eigenvalue weighted by molar-refractivity contribution is 0.0686. The van der Waals surface area contributed by atoms with Gasteiger partial charge in [0.05, 0.1) is 52.4 Å². The number of fused-ring (bicyclic) bond motifs is 7. The van der Waals surface area contributed by atoms with Crippen LogP contribution in [0.2, 0.25) is 0 Å². The molecule has 2 unspecified atom stereocenters. The zero-order chi connectivity index (χ0) is 35.2. The Morgan fingerprint density at radius 2 is 1.94 bits per heavy atom. The zero-order valence-electron chi connectivity index (χ0n) is 28.6. The normalized spacial score (nSPS) is 26.7. The van der Waals surface area contributed by atoms with Crippen LogP contribution in [0.1, 0.15) is 55.7 Å². The SMILES string of the molecule is CO[C@@H](C)CN1CC2CCC(C1)N2c1nc(OC[C@@]23CCCN2C[C@H](F)C3)nc2c(F)c(-c3ncc(F)c4sc(N)c(C#N)c34)c3c(c12)COC3. The van der Waals surface area contributed by atoms with Gasteiger partial charge in [0.25, 0.3) is 0 Å². The van der Waals surface area contributed by atoms with E-state index in [-0.39, 0.29) is 81.4 Å². The highest BCUT2D eigenvalue weighted by molar-refractivity contribution is 7.23. The van der Waals surface area contributed by atoms with Gasteiger partial charge in [0.2, 0.25) is 0 Å². The highest BCUT2D eigenvalue weighted by atomic mass is 32.1. The number of nitrogen functional groups attached to an aromatic ring is 1. The van der Waals surface area contributed by atoms with E-state index in [9.17, 15) is 9.65 Å². The summed E-state index contributed by atoms with van der Waals surface area (Å²) in [6.07, 6.45) is 4.23. The van der Waals surface area contributed by atoms with Crippen LogP contribution < -0.4 is 15.4 Å². The molecular weight excluding hydrogens is 682 g/mol. The Bertz CT molecular complexity index is 2100. The number of aromatic nitrogens is 3. The molecule has 11 nitrogen and oxygen atoms in total. The average Bonchev–Trinajstić information content (AvgIpc) is 3.92. The number of ether oxygens (including phenoxy) is 3. The minimum atomic E-state index is -0.929. The van der Waals surface area contributed by atoms with Gasteiger partial charge in [0.1, 0.15) is 35.2 Å². The predicted molar refractivity (Wildman–Crippen MR) is 186 cm³/mol. The Balaban J connectivity index is 1.22. The highest BCUT2D eigenvalue weighted by Gasteiger charge is 2.50. The molecule has 9 rings (SSSR count). The minimum absolute atomic E-state index is 0.0225. The lowest BCUT2D eigenvalue weighted by Crippen LogP contribution is -2.55. The van der Waals surface area contributed by atoms with Gasteiger partial charge in [0, 0.05) is 62.7 Å². The van der Waals surface area contributed by atoms with Crippen LogP contribution in [0.5, 0.6) is 6.01 Å². The van der Waals surface area contributed by atoms with Crippen molar-refractivity contribution < 1.29 is 27.4 Å². The number of halogens is 3. The molecule has 15 heteroatoms. The second-order valence-electron chi connectivity index (χ2n) is 14.7. The van der Waals surface area contributed by atoms with Crippen LogP contribution >= 0.6 is 11.3 Å². The lowest BCUT2D eigenvalue weighted by Gasteiger charge is -2.43. The fraction of sp³-hybridized carbons (Fsp3) is 0.556. The molecule has 4 fully saturated rings. The first kappa shape index (κ1) is 33.1. The Morgan fingerprint density at radius 1 is 1.16 bits per heavy atom. The fourth-order valence-corrected chi connectivity index (χ4v) is 10.4. The van der Waals surface area contributed by atoms with Crippen LogP contribution in [-0.2, 0) is 22.7 Å². The van der Waals surface area contributed by atoms with E-state index < -0.39 is 23.3 Å². The third kappa shape index (κ3) is 5.16. The molecule has 4 saturated heterocycles. The topological polar surface area (TPSA) is 126 Å². The average molecular weight is 721 g/mol. The maximum Gasteiger partial charge on any atom is 0.319 e. The van der Waals surface area contributed by atoms with Gasteiger partial charge in [-0.15, -0.1) is 11.3 Å². The molecule has 51 heavy (non-hydrogen) atoms. The van der Waals surface area contributed by atoms with Crippen molar-refractivity contribution >= 4 is 43.1 Å². The van der Waals surface area contributed by atoms with Crippen LogP contribution in [0.25, 0.3) is 32.2 Å². The summed E-state index contributed by atoms with van der Waals surface area (Å²) in [4.78, 5) is 21.1. The van der Waals surface area contributed by atoms with Crippen molar-refractivity contribution in [3.05, 3.63) is 34.5 Å². The molecule has 0 radical (unpaired) electrons. The molecule has 5 aliphatic rings. The standard InChI is InChI=1S/C36H39F3N8O3S/c1-18(48-2)11-45-13-20-4-5-21(14-45)47(20)34-28-24-16-49-15-23(24)26(30-27-22(9-40)33(41)51-32(27)25(38)10-42-30)29(39)31(28)43-35(44-34)50-17-36-6-3-7-46(36)12-19(37)8-36/h10,18-21H,3-8,11-17,41H2,1-2H3/t18-,19+,20?,21?,36-/m0/s1. The summed E-state index contributed by atoms with van der Waals surface area (Å²) < 4.78 is 65.4. The van der Waals surface area contributed by atoms with Gasteiger partial charge in [-0.25, -0.2) is 13.2 Å². The Hall–Kier alpha value is -3.81. The lowest BCUT2D eigenvalue weighted by atomic mass is 9.93. The number of nitriles is 1. The zero-order valence-corrected chi connectivity index (χ0v) is 29.4. The van der Waals surface area contributed by atoms with Gasteiger partial charge in [-0.2, -0.15) is 15.2 Å². The second-order valence-corrected chi connectivity index (χ2v) is 15.8. The van der Waals surface area contributed by atoms with Crippen molar-refractivity contribution in [1.82, 2.24) is 24.8 Å². The largest absolute Gasteiger partial charge is 0.461 e. The summed E-state index contributed by atoms with van der Waals surface area (Å²) in [6.45, 7) is 6.13. The monoisotopic (exact) mass is 720 g/mol. The molecule has 8 heterocycles. The third-order valence-electron chi connectivity index (χ3n) is 11.8. The number of hydrogen-bond donors (Lipinski definition) is 1. The van der Waals surface area contributed by atoms with Crippen LogP contribution in [-0.4, -0.2) is 101 Å². The van der Waals surface area contributed by atoms with Crippen molar-refractivity contribution in [2.75, 3.05) is 57.1 Å². The van der Waals surface area contributed by atoms with Gasteiger partial charge < -0.3 is 24.8 Å². The number of anilines is 2. The molecule has 0 saturated carbocycles. The van der Waals surface area contributed by atoms with Gasteiger partial charge in [-0.3, -0.25) is 14.8 Å². The van der Waals surface area contributed by atoms with Gasteiger partial charge in [-0.1, -0.05) is 0 Å². The number of benzene rings is 1. The van der Waals surface area contributed by atoms with E-state index in [2.05, 4.69) is 32.7 Å². The number of rotatable bonds is 8. The number of thiophene rings is 1. The van der Waals surface area contributed by atoms with Crippen LogP contribution in [0.15, 0.2) is 6.20 Å². The van der Waals surface area contributed by atoms with Crippen molar-refractivity contribution in [2.24, 2.45) is 0 Å². The molecule has 5 aliphatic heterocycles. The molecule has 2 N–H and O–H groups in total. The van der Waals surface area contributed by atoms with Gasteiger partial charge in [-0.05, 0) is 50.3 Å².